The highest BCUT2D eigenvalue weighted by Gasteiger charge is 2.60. The molecule has 1 unspecified atom stereocenters. The van der Waals surface area contributed by atoms with Gasteiger partial charge in [0.05, 0.1) is 19.0 Å². The molecule has 0 spiro atoms. The largest absolute Gasteiger partial charge is 0.386 e. The lowest BCUT2D eigenvalue weighted by molar-refractivity contribution is -0.121. The second-order valence-electron chi connectivity index (χ2n) is 10.1. The van der Waals surface area contributed by atoms with Crippen molar-refractivity contribution < 1.29 is 18.7 Å². The van der Waals surface area contributed by atoms with Gasteiger partial charge in [0, 0.05) is 35.6 Å². The molecule has 188 valence electrons. The molecule has 1 saturated heterocycles. The number of alkyl halides is 2. The maximum atomic E-state index is 13.2. The van der Waals surface area contributed by atoms with Crippen LogP contribution in [-0.4, -0.2) is 55.7 Å². The van der Waals surface area contributed by atoms with E-state index in [2.05, 4.69) is 20.5 Å². The number of aromatic amines is 1. The SMILES string of the molecule is Cc1cc(Nc2cc(N3CC(O)(C4CC4)C3)nc(Sc3ccc(CC(=O)C4CC4(F)F)cc3)n2)n[nH]1. The lowest BCUT2D eigenvalue weighted by Gasteiger charge is -2.47. The smallest absolute Gasteiger partial charge is 0.258 e. The summed E-state index contributed by atoms with van der Waals surface area (Å²) < 4.78 is 26.3. The lowest BCUT2D eigenvalue weighted by atomic mass is 9.89. The molecular formula is C25H26F2N6O2S. The standard InChI is InChI=1S/C25H26F2N6O2S/c1-14-8-21(32-31-14)28-20-10-22(33-12-24(35,13-33)16-4-5-16)30-23(29-20)36-17-6-2-15(3-7-17)9-19(34)18-11-25(18,26)27/h2-3,6-8,10,16,18,35H,4-5,9,11-13H2,1H3,(H2,28,29,30,31,32). The number of anilines is 3. The van der Waals surface area contributed by atoms with Crippen molar-refractivity contribution in [2.45, 2.75) is 54.2 Å². The predicted molar refractivity (Wildman–Crippen MR) is 131 cm³/mol. The van der Waals surface area contributed by atoms with Gasteiger partial charge in [-0.15, -0.1) is 0 Å². The second kappa shape index (κ2) is 8.52. The number of nitrogens with one attached hydrogen (secondary N) is 2. The van der Waals surface area contributed by atoms with Gasteiger partial charge in [0.1, 0.15) is 23.0 Å². The van der Waals surface area contributed by atoms with Crippen LogP contribution in [0.5, 0.6) is 0 Å². The number of β-amino-alcohol motifs (C(OH)–C–C–N with tert-alkyl or cyclic N) is 1. The average molecular weight is 513 g/mol. The van der Waals surface area contributed by atoms with Gasteiger partial charge in [-0.1, -0.05) is 12.1 Å². The van der Waals surface area contributed by atoms with Gasteiger partial charge >= 0.3 is 0 Å². The molecule has 3 heterocycles. The fourth-order valence-corrected chi connectivity index (χ4v) is 5.39. The maximum absolute atomic E-state index is 13.2. The lowest BCUT2D eigenvalue weighted by Crippen LogP contribution is -2.63. The normalized spacial score (nSPS) is 21.7. The number of halogens is 2. The monoisotopic (exact) mass is 512 g/mol. The highest BCUT2D eigenvalue weighted by atomic mass is 32.2. The van der Waals surface area contributed by atoms with Crippen molar-refractivity contribution in [1.29, 1.82) is 0 Å². The molecule has 0 bridgehead atoms. The Morgan fingerprint density at radius 1 is 1.19 bits per heavy atom. The third-order valence-electron chi connectivity index (χ3n) is 6.97. The Hall–Kier alpha value is -3.05. The number of aliphatic hydroxyl groups is 1. The van der Waals surface area contributed by atoms with Crippen LogP contribution in [-0.2, 0) is 11.2 Å². The first kappa shape index (κ1) is 23.4. The molecule has 2 aromatic heterocycles. The molecule has 8 nitrogen and oxygen atoms in total. The van der Waals surface area contributed by atoms with Crippen molar-refractivity contribution >= 4 is 35.0 Å². The Morgan fingerprint density at radius 2 is 1.92 bits per heavy atom. The van der Waals surface area contributed by atoms with Crippen LogP contribution in [0.25, 0.3) is 0 Å². The number of nitrogens with zero attached hydrogens (tertiary/aromatic N) is 4. The molecule has 3 aliphatic rings. The summed E-state index contributed by atoms with van der Waals surface area (Å²) in [6.45, 7) is 3.00. The number of Topliss-reactive ketones (excluding diaryl/α,β-unsaturated/α-hetero) is 1. The van der Waals surface area contributed by atoms with Crippen LogP contribution in [0.15, 0.2) is 46.5 Å². The van der Waals surface area contributed by atoms with Crippen LogP contribution < -0.4 is 10.2 Å². The number of rotatable bonds is 9. The van der Waals surface area contributed by atoms with Crippen molar-refractivity contribution in [3.8, 4) is 0 Å². The Labute approximate surface area is 210 Å². The minimum atomic E-state index is -2.83. The predicted octanol–water partition coefficient (Wildman–Crippen LogP) is 4.13. The van der Waals surface area contributed by atoms with Crippen LogP contribution in [0.1, 0.15) is 30.5 Å². The van der Waals surface area contributed by atoms with Gasteiger partial charge in [-0.3, -0.25) is 9.89 Å². The van der Waals surface area contributed by atoms with Crippen molar-refractivity contribution in [3.05, 3.63) is 47.7 Å². The van der Waals surface area contributed by atoms with E-state index in [1.165, 1.54) is 11.8 Å². The van der Waals surface area contributed by atoms with Gasteiger partial charge < -0.3 is 15.3 Å². The third kappa shape index (κ3) is 4.81. The summed E-state index contributed by atoms with van der Waals surface area (Å²) >= 11 is 1.36. The topological polar surface area (TPSA) is 107 Å². The van der Waals surface area contributed by atoms with Gasteiger partial charge in [-0.25, -0.2) is 18.7 Å². The molecule has 2 aliphatic carbocycles. The Bertz CT molecular complexity index is 1300. The molecule has 2 saturated carbocycles. The van der Waals surface area contributed by atoms with E-state index in [-0.39, 0.29) is 12.8 Å². The van der Waals surface area contributed by atoms with Gasteiger partial charge in [0.2, 0.25) is 0 Å². The zero-order valence-electron chi connectivity index (χ0n) is 19.7. The van der Waals surface area contributed by atoms with Crippen molar-refractivity contribution in [2.75, 3.05) is 23.3 Å². The molecule has 6 rings (SSSR count). The third-order valence-corrected chi connectivity index (χ3v) is 7.84. The van der Waals surface area contributed by atoms with Crippen LogP contribution in [0, 0.1) is 18.8 Å². The number of hydrogen-bond donors (Lipinski definition) is 3. The Balaban J connectivity index is 1.18. The Morgan fingerprint density at radius 3 is 2.53 bits per heavy atom. The molecule has 11 heteroatoms. The first-order chi connectivity index (χ1) is 17.2. The highest BCUT2D eigenvalue weighted by Crippen LogP contribution is 2.49. The van der Waals surface area contributed by atoms with Crippen LogP contribution in [0.2, 0.25) is 0 Å². The number of benzene rings is 1. The zero-order chi connectivity index (χ0) is 25.1. The molecule has 0 amide bonds. The minimum Gasteiger partial charge on any atom is -0.386 e. The number of aromatic nitrogens is 4. The molecular weight excluding hydrogens is 486 g/mol. The molecule has 1 aromatic carbocycles. The van der Waals surface area contributed by atoms with Crippen molar-refractivity contribution in [2.24, 2.45) is 11.8 Å². The number of aryl methyl sites for hydroxylation is 1. The molecule has 1 atom stereocenters. The minimum absolute atomic E-state index is 0.00714. The van der Waals surface area contributed by atoms with E-state index in [4.69, 9.17) is 4.98 Å². The molecule has 36 heavy (non-hydrogen) atoms. The fraction of sp³-hybridized carbons (Fsp3) is 0.440. The summed E-state index contributed by atoms with van der Waals surface area (Å²) in [5.41, 5.74) is 0.989. The Kier molecular flexibility index (Phi) is 5.52. The van der Waals surface area contributed by atoms with Gasteiger partial charge in [0.25, 0.3) is 5.92 Å². The highest BCUT2D eigenvalue weighted by molar-refractivity contribution is 7.99. The number of hydrogen-bond acceptors (Lipinski definition) is 8. The van der Waals surface area contributed by atoms with Gasteiger partial charge in [-0.05, 0) is 55.1 Å². The summed E-state index contributed by atoms with van der Waals surface area (Å²) in [7, 11) is 0. The van der Waals surface area contributed by atoms with E-state index < -0.39 is 23.2 Å². The number of H-pyrrole nitrogens is 1. The van der Waals surface area contributed by atoms with Crippen LogP contribution in [0.3, 0.4) is 0 Å². The second-order valence-corrected chi connectivity index (χ2v) is 11.1. The summed E-state index contributed by atoms with van der Waals surface area (Å²) in [4.78, 5) is 24.3. The molecule has 3 fully saturated rings. The number of ketones is 1. The molecule has 1 aliphatic heterocycles. The van der Waals surface area contributed by atoms with E-state index in [1.807, 2.05) is 36.1 Å². The fourth-order valence-electron chi connectivity index (χ4n) is 4.62. The summed E-state index contributed by atoms with van der Waals surface area (Å²) in [6.07, 6.45) is 1.82. The van der Waals surface area contributed by atoms with Crippen molar-refractivity contribution in [1.82, 2.24) is 20.2 Å². The summed E-state index contributed by atoms with van der Waals surface area (Å²) in [5, 5.41) is 21.6. The van der Waals surface area contributed by atoms with E-state index in [0.29, 0.717) is 41.4 Å². The van der Waals surface area contributed by atoms with Gasteiger partial charge in [0.15, 0.2) is 11.0 Å². The van der Waals surface area contributed by atoms with Crippen molar-refractivity contribution in [3.63, 3.8) is 0 Å². The summed E-state index contributed by atoms with van der Waals surface area (Å²) in [5.74, 6) is -2.05. The van der Waals surface area contributed by atoms with Crippen LogP contribution >= 0.6 is 11.8 Å². The van der Waals surface area contributed by atoms with E-state index in [1.54, 1.807) is 12.1 Å². The van der Waals surface area contributed by atoms with E-state index in [9.17, 15) is 18.7 Å². The first-order valence-corrected chi connectivity index (χ1v) is 12.8. The summed E-state index contributed by atoms with van der Waals surface area (Å²) in [6, 6.07) is 11.0. The number of carbonyl (C=O) groups excluding carboxylic acids is 1. The first-order valence-electron chi connectivity index (χ1n) is 12.0. The number of carbonyl (C=O) groups is 1. The quantitative estimate of drug-likeness (QED) is 0.368. The molecule has 0 radical (unpaired) electrons. The molecule has 3 N–H and O–H groups in total. The zero-order valence-corrected chi connectivity index (χ0v) is 20.5. The average Bonchev–Trinajstić information content (AvgIpc) is 3.72. The van der Waals surface area contributed by atoms with E-state index in [0.717, 1.165) is 29.2 Å². The maximum Gasteiger partial charge on any atom is 0.258 e. The van der Waals surface area contributed by atoms with E-state index >= 15 is 0 Å². The van der Waals surface area contributed by atoms with Crippen LogP contribution in [0.4, 0.5) is 26.2 Å². The van der Waals surface area contributed by atoms with Gasteiger partial charge in [-0.2, -0.15) is 5.10 Å². The molecule has 3 aromatic rings.